The van der Waals surface area contributed by atoms with Gasteiger partial charge in [-0.3, -0.25) is 0 Å². The van der Waals surface area contributed by atoms with Crippen LogP contribution in [0.15, 0.2) is 53.6 Å². The third-order valence-corrected chi connectivity index (χ3v) is 8.98. The summed E-state index contributed by atoms with van der Waals surface area (Å²) >= 11 is 0. The molecule has 3 aromatic rings. The third-order valence-electron chi connectivity index (χ3n) is 5.65. The summed E-state index contributed by atoms with van der Waals surface area (Å²) in [7, 11) is -7.50. The van der Waals surface area contributed by atoms with Crippen molar-refractivity contribution in [3.05, 3.63) is 70.3 Å². The van der Waals surface area contributed by atoms with Crippen LogP contribution < -0.4 is 44.9 Å². The molecule has 4 rings (SSSR count). The number of sulfonamides is 2. The maximum atomic E-state index is 14.4. The van der Waals surface area contributed by atoms with Gasteiger partial charge in [0.1, 0.15) is 10.0 Å². The second-order valence-corrected chi connectivity index (χ2v) is 12.3. The first-order valence-corrected chi connectivity index (χ1v) is 14.7. The average Bonchev–Trinajstić information content (AvgIpc) is 3.73. The monoisotopic (exact) mass is 584 g/mol. The summed E-state index contributed by atoms with van der Waals surface area (Å²) in [5.41, 5.74) is 1.94. The van der Waals surface area contributed by atoms with Gasteiger partial charge < -0.3 is 20.2 Å². The molecule has 0 saturated heterocycles. The Morgan fingerprint density at radius 3 is 2.36 bits per heavy atom. The predicted molar refractivity (Wildman–Crippen MR) is 141 cm³/mol. The SMILES string of the molecule is CCC(=O)[N-]S(=O)(=O)c1cc(Nc2ncc(F)c(Nc3ccc(CNS(=O)(=O)C4CC4)cc3)n2)ccc1C.[Na+]. The molecule has 15 heteroatoms. The van der Waals surface area contributed by atoms with Gasteiger partial charge in [0.15, 0.2) is 11.6 Å². The molecule has 1 saturated carbocycles. The maximum absolute atomic E-state index is 14.4. The quantitative estimate of drug-likeness (QED) is 0.279. The van der Waals surface area contributed by atoms with E-state index < -0.39 is 31.8 Å². The number of halogens is 1. The van der Waals surface area contributed by atoms with Gasteiger partial charge in [0.05, 0.1) is 22.2 Å². The summed E-state index contributed by atoms with van der Waals surface area (Å²) in [4.78, 5) is 19.5. The standard InChI is InChI=1S/C24H27FN6O5S2.Na/c1-3-22(32)31-38(35,36)21-12-18(7-4-15(21)2)29-24-26-14-20(25)23(30-24)28-17-8-5-16(6-9-17)13-27-37(33,34)19-10-11-19;/h4-9,12,14,19,27H,3,10-11,13H2,1-2H3,(H3,26,28,29,30,31,32);/q;+1/p-1. The van der Waals surface area contributed by atoms with Gasteiger partial charge in [-0.05, 0) is 61.6 Å². The number of nitrogens with zero attached hydrogens (tertiary/aromatic N) is 3. The van der Waals surface area contributed by atoms with E-state index in [-0.39, 0.29) is 64.4 Å². The Morgan fingerprint density at radius 1 is 1.05 bits per heavy atom. The first-order chi connectivity index (χ1) is 18.0. The molecule has 1 aliphatic rings. The van der Waals surface area contributed by atoms with Crippen molar-refractivity contribution in [1.29, 1.82) is 0 Å². The molecule has 1 aliphatic carbocycles. The molecule has 0 spiro atoms. The van der Waals surface area contributed by atoms with Gasteiger partial charge in [-0.25, -0.2) is 30.9 Å². The summed E-state index contributed by atoms with van der Waals surface area (Å²) in [5.74, 6) is -1.62. The zero-order valence-corrected chi connectivity index (χ0v) is 25.2. The Bertz CT molecular complexity index is 1570. The van der Waals surface area contributed by atoms with Crippen molar-refractivity contribution >= 4 is 49.1 Å². The molecule has 0 atom stereocenters. The van der Waals surface area contributed by atoms with Gasteiger partial charge >= 0.3 is 29.6 Å². The number of benzene rings is 2. The summed E-state index contributed by atoms with van der Waals surface area (Å²) < 4.78 is 69.3. The van der Waals surface area contributed by atoms with Crippen LogP contribution in [0.4, 0.5) is 27.5 Å². The number of carbonyl (C=O) groups is 1. The van der Waals surface area contributed by atoms with Crippen molar-refractivity contribution in [2.75, 3.05) is 10.6 Å². The molecule has 0 aliphatic heterocycles. The normalized spacial score (nSPS) is 13.3. The van der Waals surface area contributed by atoms with Gasteiger partial charge in [0.25, 0.3) is 0 Å². The number of nitrogens with one attached hydrogen (secondary N) is 3. The largest absolute Gasteiger partial charge is 1.00 e. The minimum atomic E-state index is -4.21. The molecule has 0 bridgehead atoms. The Hall–Kier alpha value is -2.62. The van der Waals surface area contributed by atoms with Crippen LogP contribution in [0.2, 0.25) is 0 Å². The van der Waals surface area contributed by atoms with E-state index in [0.29, 0.717) is 29.8 Å². The van der Waals surface area contributed by atoms with Gasteiger partial charge in [0.2, 0.25) is 16.0 Å². The summed E-state index contributed by atoms with van der Waals surface area (Å²) in [6.45, 7) is 3.24. The molecule has 0 radical (unpaired) electrons. The van der Waals surface area contributed by atoms with Crippen molar-refractivity contribution in [1.82, 2.24) is 14.7 Å². The average molecular weight is 585 g/mol. The van der Waals surface area contributed by atoms with Gasteiger partial charge in [0, 0.05) is 17.9 Å². The second kappa shape index (κ2) is 12.7. The van der Waals surface area contributed by atoms with Crippen molar-refractivity contribution < 1.29 is 55.6 Å². The number of rotatable bonds is 11. The van der Waals surface area contributed by atoms with Crippen molar-refractivity contribution in [3.63, 3.8) is 0 Å². The van der Waals surface area contributed by atoms with E-state index in [1.165, 1.54) is 19.1 Å². The van der Waals surface area contributed by atoms with Crippen LogP contribution >= 0.6 is 0 Å². The molecule has 0 unspecified atom stereocenters. The smallest absolute Gasteiger partial charge is 0.542 e. The Balaban J connectivity index is 0.00000420. The fraction of sp³-hybridized carbons (Fsp3) is 0.292. The molecule has 1 aromatic heterocycles. The van der Waals surface area contributed by atoms with E-state index in [1.54, 1.807) is 37.3 Å². The van der Waals surface area contributed by atoms with Gasteiger partial charge in [-0.1, -0.05) is 25.1 Å². The minimum absolute atomic E-state index is 0. The van der Waals surface area contributed by atoms with Crippen LogP contribution in [-0.2, 0) is 31.4 Å². The fourth-order valence-corrected chi connectivity index (χ4v) is 5.98. The first-order valence-electron chi connectivity index (χ1n) is 11.7. The Labute approximate surface area is 248 Å². The molecule has 39 heavy (non-hydrogen) atoms. The molecular weight excluding hydrogens is 558 g/mol. The van der Waals surface area contributed by atoms with Crippen molar-refractivity contribution in [2.24, 2.45) is 0 Å². The molecule has 202 valence electrons. The van der Waals surface area contributed by atoms with E-state index in [9.17, 15) is 26.0 Å². The fourth-order valence-electron chi connectivity index (χ4n) is 3.37. The summed E-state index contributed by atoms with van der Waals surface area (Å²) in [5, 5.41) is 5.38. The zero-order valence-electron chi connectivity index (χ0n) is 21.6. The van der Waals surface area contributed by atoms with E-state index in [0.717, 1.165) is 11.8 Å². The van der Waals surface area contributed by atoms with Crippen LogP contribution in [0.5, 0.6) is 0 Å². The molecule has 1 amide bonds. The molecule has 2 aromatic carbocycles. The van der Waals surface area contributed by atoms with Crippen molar-refractivity contribution in [2.45, 2.75) is 49.8 Å². The topological polar surface area (TPSA) is 161 Å². The molecular formula is C24H26FN6NaO5S2. The van der Waals surface area contributed by atoms with Crippen LogP contribution in [0.1, 0.15) is 37.3 Å². The number of anilines is 4. The second-order valence-electron chi connectivity index (χ2n) is 8.70. The predicted octanol–water partition coefficient (Wildman–Crippen LogP) is 0.996. The Morgan fingerprint density at radius 2 is 1.72 bits per heavy atom. The number of amides is 1. The third kappa shape index (κ3) is 8.19. The van der Waals surface area contributed by atoms with E-state index in [2.05, 4.69) is 30.0 Å². The number of hydrogen-bond donors (Lipinski definition) is 3. The van der Waals surface area contributed by atoms with Crippen LogP contribution in [-0.4, -0.2) is 38.0 Å². The number of hydrogen-bond acceptors (Lipinski definition) is 9. The van der Waals surface area contributed by atoms with E-state index in [1.807, 2.05) is 0 Å². The molecule has 1 heterocycles. The Kier molecular flexibility index (Phi) is 10.1. The number of aryl methyl sites for hydroxylation is 1. The maximum Gasteiger partial charge on any atom is 1.00 e. The summed E-state index contributed by atoms with van der Waals surface area (Å²) in [6.07, 6.45) is 2.27. The van der Waals surface area contributed by atoms with Gasteiger partial charge in [-0.15, -0.1) is 0 Å². The molecule has 1 fully saturated rings. The van der Waals surface area contributed by atoms with Gasteiger partial charge in [-0.2, -0.15) is 4.98 Å². The molecule has 11 nitrogen and oxygen atoms in total. The first kappa shape index (κ1) is 30.9. The van der Waals surface area contributed by atoms with Crippen molar-refractivity contribution in [3.8, 4) is 0 Å². The summed E-state index contributed by atoms with van der Waals surface area (Å²) in [6, 6.07) is 11.2. The van der Waals surface area contributed by atoms with E-state index in [4.69, 9.17) is 0 Å². The number of aromatic nitrogens is 2. The van der Waals surface area contributed by atoms with Crippen LogP contribution in [0, 0.1) is 12.7 Å². The van der Waals surface area contributed by atoms with Crippen LogP contribution in [0.25, 0.3) is 4.72 Å². The minimum Gasteiger partial charge on any atom is -0.542 e. The molecule has 3 N–H and O–H groups in total. The zero-order chi connectivity index (χ0) is 27.5. The van der Waals surface area contributed by atoms with Crippen LogP contribution in [0.3, 0.4) is 0 Å². The van der Waals surface area contributed by atoms with E-state index >= 15 is 0 Å². The number of carbonyl (C=O) groups excluding carboxylic acids is 1.